The average molecular weight is 482 g/mol. The number of aliphatic imine (C=N–C) groups is 1. The van der Waals surface area contributed by atoms with Crippen molar-refractivity contribution >= 4 is 41.5 Å². The van der Waals surface area contributed by atoms with Gasteiger partial charge in [0.2, 0.25) is 0 Å². The standard InChI is InChI=1S/C17H28ClN5O.HI/c1-17(2,23-8-10-24-11-9-23)13-22-16(19-3)20-7-6-14-4-5-15(18)21-12-14;/h4-5,12H,6-11,13H2,1-3H3,(H2,19,20,22);1H. The van der Waals surface area contributed by atoms with Gasteiger partial charge in [0.25, 0.3) is 0 Å². The third kappa shape index (κ3) is 7.64. The van der Waals surface area contributed by atoms with Gasteiger partial charge in [-0.25, -0.2) is 4.98 Å². The van der Waals surface area contributed by atoms with Gasteiger partial charge in [-0.05, 0) is 31.9 Å². The highest BCUT2D eigenvalue weighted by Crippen LogP contribution is 2.14. The van der Waals surface area contributed by atoms with Gasteiger partial charge >= 0.3 is 0 Å². The fourth-order valence-electron chi connectivity index (χ4n) is 2.68. The Morgan fingerprint density at radius 3 is 2.64 bits per heavy atom. The Kier molecular flexibility index (Phi) is 9.99. The molecule has 2 N–H and O–H groups in total. The molecule has 0 aromatic carbocycles. The Hall–Kier alpha value is -0.640. The predicted octanol–water partition coefficient (Wildman–Crippen LogP) is 2.17. The summed E-state index contributed by atoms with van der Waals surface area (Å²) < 4.78 is 5.43. The second-order valence-corrected chi connectivity index (χ2v) is 6.89. The maximum Gasteiger partial charge on any atom is 0.191 e. The number of aromatic nitrogens is 1. The molecule has 25 heavy (non-hydrogen) atoms. The highest BCUT2D eigenvalue weighted by Gasteiger charge is 2.28. The Morgan fingerprint density at radius 2 is 2.04 bits per heavy atom. The summed E-state index contributed by atoms with van der Waals surface area (Å²) in [6.45, 7) is 9.69. The van der Waals surface area contributed by atoms with Gasteiger partial charge in [0, 0.05) is 45.0 Å². The average Bonchev–Trinajstić information content (AvgIpc) is 2.60. The first-order chi connectivity index (χ1) is 11.5. The molecule has 8 heteroatoms. The highest BCUT2D eigenvalue weighted by molar-refractivity contribution is 14.0. The molecule has 1 aromatic heterocycles. The molecule has 2 rings (SSSR count). The molecular formula is C17H29ClIN5O. The Labute approximate surface area is 172 Å². The summed E-state index contributed by atoms with van der Waals surface area (Å²) >= 11 is 5.80. The third-order valence-corrected chi connectivity index (χ3v) is 4.50. The van der Waals surface area contributed by atoms with Crippen LogP contribution in [0.4, 0.5) is 0 Å². The fraction of sp³-hybridized carbons (Fsp3) is 0.647. The SMILES string of the molecule is CN=C(NCCc1ccc(Cl)nc1)NCC(C)(C)N1CCOCC1.I. The highest BCUT2D eigenvalue weighted by atomic mass is 127. The van der Waals surface area contributed by atoms with Gasteiger partial charge in [-0.2, -0.15) is 0 Å². The van der Waals surface area contributed by atoms with E-state index in [9.17, 15) is 0 Å². The first-order valence-corrected chi connectivity index (χ1v) is 8.77. The smallest absolute Gasteiger partial charge is 0.191 e. The van der Waals surface area contributed by atoms with E-state index in [0.717, 1.165) is 57.3 Å². The van der Waals surface area contributed by atoms with Crippen molar-refractivity contribution in [3.05, 3.63) is 29.0 Å². The van der Waals surface area contributed by atoms with Crippen molar-refractivity contribution in [1.29, 1.82) is 0 Å². The van der Waals surface area contributed by atoms with Crippen LogP contribution in [0, 0.1) is 0 Å². The minimum atomic E-state index is 0. The number of ether oxygens (including phenoxy) is 1. The van der Waals surface area contributed by atoms with Gasteiger partial charge < -0.3 is 15.4 Å². The van der Waals surface area contributed by atoms with Crippen LogP contribution in [-0.4, -0.2) is 67.8 Å². The molecule has 2 heterocycles. The summed E-state index contributed by atoms with van der Waals surface area (Å²) in [5, 5.41) is 7.29. The molecule has 0 aliphatic carbocycles. The lowest BCUT2D eigenvalue weighted by Crippen LogP contribution is -2.56. The zero-order valence-electron chi connectivity index (χ0n) is 15.2. The van der Waals surface area contributed by atoms with Crippen LogP contribution >= 0.6 is 35.6 Å². The molecule has 1 aromatic rings. The Bertz CT molecular complexity index is 532. The van der Waals surface area contributed by atoms with Crippen molar-refractivity contribution in [3.63, 3.8) is 0 Å². The molecule has 0 bridgehead atoms. The molecule has 0 atom stereocenters. The first-order valence-electron chi connectivity index (χ1n) is 8.39. The largest absolute Gasteiger partial charge is 0.379 e. The second kappa shape index (κ2) is 11.2. The number of nitrogens with zero attached hydrogens (tertiary/aromatic N) is 3. The summed E-state index contributed by atoms with van der Waals surface area (Å²) in [5.74, 6) is 0.818. The molecule has 0 radical (unpaired) electrons. The molecule has 142 valence electrons. The van der Waals surface area contributed by atoms with E-state index in [1.165, 1.54) is 0 Å². The van der Waals surface area contributed by atoms with Crippen LogP contribution in [0.2, 0.25) is 5.15 Å². The summed E-state index contributed by atoms with van der Waals surface area (Å²) in [4.78, 5) is 10.8. The molecular weight excluding hydrogens is 453 g/mol. The van der Waals surface area contributed by atoms with Crippen molar-refractivity contribution in [3.8, 4) is 0 Å². The topological polar surface area (TPSA) is 61.8 Å². The molecule has 1 fully saturated rings. The van der Waals surface area contributed by atoms with E-state index in [1.807, 2.05) is 18.3 Å². The first kappa shape index (κ1) is 22.4. The van der Waals surface area contributed by atoms with Crippen LogP contribution < -0.4 is 10.6 Å². The molecule has 1 aliphatic rings. The monoisotopic (exact) mass is 481 g/mol. The number of guanidine groups is 1. The van der Waals surface area contributed by atoms with Crippen LogP contribution in [0.15, 0.2) is 23.3 Å². The van der Waals surface area contributed by atoms with Gasteiger partial charge in [-0.1, -0.05) is 17.7 Å². The molecule has 1 aliphatic heterocycles. The van der Waals surface area contributed by atoms with E-state index in [0.29, 0.717) is 5.15 Å². The molecule has 0 spiro atoms. The maximum absolute atomic E-state index is 5.80. The summed E-state index contributed by atoms with van der Waals surface area (Å²) in [7, 11) is 1.79. The lowest BCUT2D eigenvalue weighted by Gasteiger charge is -2.41. The molecule has 1 saturated heterocycles. The zero-order valence-corrected chi connectivity index (χ0v) is 18.3. The number of pyridine rings is 1. The van der Waals surface area contributed by atoms with Crippen molar-refractivity contribution in [2.24, 2.45) is 4.99 Å². The van der Waals surface area contributed by atoms with Gasteiger partial charge in [0.05, 0.1) is 13.2 Å². The minimum absolute atomic E-state index is 0. The van der Waals surface area contributed by atoms with Crippen molar-refractivity contribution in [2.75, 3.05) is 46.4 Å². The van der Waals surface area contributed by atoms with Gasteiger partial charge in [-0.15, -0.1) is 24.0 Å². The third-order valence-electron chi connectivity index (χ3n) is 4.27. The van der Waals surface area contributed by atoms with Gasteiger partial charge in [-0.3, -0.25) is 9.89 Å². The summed E-state index contributed by atoms with van der Waals surface area (Å²) in [6, 6.07) is 3.81. The number of halogens is 2. The van der Waals surface area contributed by atoms with Crippen LogP contribution in [-0.2, 0) is 11.2 Å². The van der Waals surface area contributed by atoms with E-state index < -0.39 is 0 Å². The number of morpholine rings is 1. The maximum atomic E-state index is 5.80. The van der Waals surface area contributed by atoms with E-state index >= 15 is 0 Å². The fourth-order valence-corrected chi connectivity index (χ4v) is 2.79. The lowest BCUT2D eigenvalue weighted by molar-refractivity contribution is -0.00833. The normalized spacial score (nSPS) is 16.2. The number of nitrogens with one attached hydrogen (secondary N) is 2. The molecule has 0 amide bonds. The number of rotatable bonds is 6. The van der Waals surface area contributed by atoms with Crippen molar-refractivity contribution < 1.29 is 4.74 Å². The Balaban J connectivity index is 0.00000312. The quantitative estimate of drug-likeness (QED) is 0.282. The van der Waals surface area contributed by atoms with Crippen LogP contribution in [0.5, 0.6) is 0 Å². The Morgan fingerprint density at radius 1 is 1.32 bits per heavy atom. The van der Waals surface area contributed by atoms with E-state index in [-0.39, 0.29) is 29.5 Å². The summed E-state index contributed by atoms with van der Waals surface area (Å²) in [5.41, 5.74) is 1.21. The van der Waals surface area contributed by atoms with Gasteiger partial charge in [0.1, 0.15) is 5.15 Å². The molecule has 0 unspecified atom stereocenters. The number of hydrogen-bond donors (Lipinski definition) is 2. The number of hydrogen-bond acceptors (Lipinski definition) is 4. The van der Waals surface area contributed by atoms with Gasteiger partial charge in [0.15, 0.2) is 5.96 Å². The van der Waals surface area contributed by atoms with Crippen molar-refractivity contribution in [1.82, 2.24) is 20.5 Å². The van der Waals surface area contributed by atoms with E-state index in [2.05, 4.69) is 39.4 Å². The van der Waals surface area contributed by atoms with Crippen molar-refractivity contribution in [2.45, 2.75) is 25.8 Å². The van der Waals surface area contributed by atoms with Crippen LogP contribution in [0.3, 0.4) is 0 Å². The second-order valence-electron chi connectivity index (χ2n) is 6.50. The van der Waals surface area contributed by atoms with E-state index in [1.54, 1.807) is 7.05 Å². The predicted molar refractivity (Wildman–Crippen MR) is 114 cm³/mol. The van der Waals surface area contributed by atoms with Crippen LogP contribution in [0.25, 0.3) is 0 Å². The zero-order chi connectivity index (χ0) is 17.4. The lowest BCUT2D eigenvalue weighted by atomic mass is 10.0. The van der Waals surface area contributed by atoms with Crippen LogP contribution in [0.1, 0.15) is 19.4 Å². The molecule has 6 nitrogen and oxygen atoms in total. The molecule has 0 saturated carbocycles. The van der Waals surface area contributed by atoms with E-state index in [4.69, 9.17) is 16.3 Å². The summed E-state index contributed by atoms with van der Waals surface area (Å²) in [6.07, 6.45) is 2.68. The minimum Gasteiger partial charge on any atom is -0.379 e.